The second-order valence-electron chi connectivity index (χ2n) is 9.73. The first-order valence-electron chi connectivity index (χ1n) is 13.9. The van der Waals surface area contributed by atoms with Crippen LogP contribution in [0, 0.1) is 5.82 Å². The van der Waals surface area contributed by atoms with Crippen LogP contribution in [0.2, 0.25) is 5.02 Å². The van der Waals surface area contributed by atoms with Gasteiger partial charge in [0.1, 0.15) is 11.6 Å². The van der Waals surface area contributed by atoms with E-state index < -0.39 is 0 Å². The molecule has 1 fully saturated rings. The predicted molar refractivity (Wildman–Crippen MR) is 162 cm³/mol. The Kier molecular flexibility index (Phi) is 10.5. The second-order valence-corrected chi connectivity index (χ2v) is 11.2. The van der Waals surface area contributed by atoms with Crippen molar-refractivity contribution in [2.24, 2.45) is 0 Å². The maximum Gasteiger partial charge on any atom is 0.337 e. The summed E-state index contributed by atoms with van der Waals surface area (Å²) in [6, 6.07) is 10.8. The van der Waals surface area contributed by atoms with Crippen molar-refractivity contribution in [3.05, 3.63) is 75.3 Å². The molecule has 0 bridgehead atoms. The molecule has 40 heavy (non-hydrogen) atoms. The minimum atomic E-state index is -0.337. The number of esters is 1. The standard InChI is InChI=1S/C28H33ClFN5O2S.C2H6/c1-4-34-25-15-19(28(36)37-3)6-8-24(25)31-26(34)17-33-13-9-22(10-14-33)35-27(11-12-32(35)2)38-18-20-5-7-21(29)16-23(20)30;1-2/h5-8,11,15-16,22H,4,9-10,12-14,17-18H2,1-3H3;1-2H3. The average molecular weight is 588 g/mol. The number of fused-ring (bicyclic) bond motifs is 1. The summed E-state index contributed by atoms with van der Waals surface area (Å²) >= 11 is 7.59. The van der Waals surface area contributed by atoms with Crippen LogP contribution in [-0.4, -0.2) is 70.3 Å². The van der Waals surface area contributed by atoms with Gasteiger partial charge in [0.2, 0.25) is 0 Å². The van der Waals surface area contributed by atoms with Crippen molar-refractivity contribution in [2.75, 3.05) is 33.8 Å². The number of carbonyl (C=O) groups excluding carboxylic acids is 1. The van der Waals surface area contributed by atoms with E-state index in [0.717, 1.165) is 62.4 Å². The predicted octanol–water partition coefficient (Wildman–Crippen LogP) is 6.56. The highest BCUT2D eigenvalue weighted by Gasteiger charge is 2.32. The Bertz CT molecular complexity index is 1360. The Hall–Kier alpha value is -2.59. The number of benzene rings is 2. The zero-order valence-corrected chi connectivity index (χ0v) is 25.6. The van der Waals surface area contributed by atoms with E-state index in [1.165, 1.54) is 18.2 Å². The first-order valence-corrected chi connectivity index (χ1v) is 15.3. The Morgan fingerprint density at radius 3 is 2.60 bits per heavy atom. The number of hydrogen-bond donors (Lipinski definition) is 0. The molecule has 0 unspecified atom stereocenters. The molecule has 0 amide bonds. The lowest BCUT2D eigenvalue weighted by molar-refractivity contribution is 0.00233. The Morgan fingerprint density at radius 1 is 1.18 bits per heavy atom. The fourth-order valence-corrected chi connectivity index (χ4v) is 6.66. The van der Waals surface area contributed by atoms with Crippen molar-refractivity contribution < 1.29 is 13.9 Å². The molecule has 1 saturated heterocycles. The number of rotatable bonds is 8. The van der Waals surface area contributed by atoms with Crippen molar-refractivity contribution in [2.45, 2.75) is 58.5 Å². The first kappa shape index (κ1) is 30.4. The number of aryl methyl sites for hydroxylation is 1. The van der Waals surface area contributed by atoms with Gasteiger partial charge in [0.25, 0.3) is 0 Å². The third-order valence-electron chi connectivity index (χ3n) is 7.35. The van der Waals surface area contributed by atoms with Crippen LogP contribution in [0.1, 0.15) is 55.4 Å². The van der Waals surface area contributed by atoms with Crippen LogP contribution in [-0.2, 0) is 23.6 Å². The van der Waals surface area contributed by atoms with Gasteiger partial charge in [-0.2, -0.15) is 0 Å². The average Bonchev–Trinajstić information content (AvgIpc) is 3.52. The van der Waals surface area contributed by atoms with Crippen LogP contribution in [0.25, 0.3) is 11.0 Å². The number of halogens is 2. The molecule has 10 heteroatoms. The van der Waals surface area contributed by atoms with Gasteiger partial charge < -0.3 is 9.30 Å². The number of nitrogens with zero attached hydrogens (tertiary/aromatic N) is 5. The van der Waals surface area contributed by atoms with Crippen molar-refractivity contribution in [1.29, 1.82) is 0 Å². The Labute approximate surface area is 245 Å². The third kappa shape index (κ3) is 6.65. The maximum atomic E-state index is 14.3. The summed E-state index contributed by atoms with van der Waals surface area (Å²) in [5.41, 5.74) is 3.06. The number of aromatic nitrogens is 2. The van der Waals surface area contributed by atoms with E-state index in [2.05, 4.69) is 39.5 Å². The molecule has 2 aliphatic rings. The van der Waals surface area contributed by atoms with Gasteiger partial charge in [-0.3, -0.25) is 9.91 Å². The summed E-state index contributed by atoms with van der Waals surface area (Å²) < 4.78 is 21.4. The highest BCUT2D eigenvalue weighted by molar-refractivity contribution is 8.02. The molecule has 216 valence electrons. The fraction of sp³-hybridized carbons (Fsp3) is 0.467. The minimum Gasteiger partial charge on any atom is -0.465 e. The van der Waals surface area contributed by atoms with Crippen molar-refractivity contribution >= 4 is 40.4 Å². The lowest BCUT2D eigenvalue weighted by atomic mass is 10.0. The van der Waals surface area contributed by atoms with Crippen molar-refractivity contribution in [3.63, 3.8) is 0 Å². The van der Waals surface area contributed by atoms with Gasteiger partial charge in [0, 0.05) is 50.0 Å². The van der Waals surface area contributed by atoms with Crippen LogP contribution in [0.3, 0.4) is 0 Å². The second kappa shape index (κ2) is 13.9. The summed E-state index contributed by atoms with van der Waals surface area (Å²) in [6.07, 6.45) is 4.31. The summed E-state index contributed by atoms with van der Waals surface area (Å²) in [5, 5.41) is 6.27. The highest BCUT2D eigenvalue weighted by Crippen LogP contribution is 2.35. The number of imidazole rings is 1. The quantitative estimate of drug-likeness (QED) is 0.277. The molecule has 1 aromatic heterocycles. The normalized spacial score (nSPS) is 16.7. The van der Waals surface area contributed by atoms with Crippen LogP contribution >= 0.6 is 23.4 Å². The molecule has 0 spiro atoms. The van der Waals surface area contributed by atoms with Gasteiger partial charge in [-0.05, 0) is 61.7 Å². The lowest BCUT2D eigenvalue weighted by Crippen LogP contribution is -2.48. The van der Waals surface area contributed by atoms with E-state index in [1.54, 1.807) is 30.0 Å². The molecule has 0 N–H and O–H groups in total. The van der Waals surface area contributed by atoms with Gasteiger partial charge in [-0.1, -0.05) is 31.5 Å². The third-order valence-corrected chi connectivity index (χ3v) is 8.69. The van der Waals surface area contributed by atoms with E-state index in [9.17, 15) is 9.18 Å². The largest absolute Gasteiger partial charge is 0.465 e. The number of likely N-dealkylation sites (N-methyl/N-ethyl adjacent to an activating group) is 1. The molecule has 0 atom stereocenters. The van der Waals surface area contributed by atoms with E-state index in [-0.39, 0.29) is 11.8 Å². The number of piperidine rings is 1. The number of methoxy groups -OCH3 is 1. The molecule has 7 nitrogen and oxygen atoms in total. The Balaban J connectivity index is 0.00000181. The van der Waals surface area contributed by atoms with E-state index in [1.807, 2.05) is 26.0 Å². The summed E-state index contributed by atoms with van der Waals surface area (Å²) in [6.45, 7) is 10.5. The molecule has 3 heterocycles. The van der Waals surface area contributed by atoms with Gasteiger partial charge in [0.15, 0.2) is 0 Å². The molecule has 5 rings (SSSR count). The Morgan fingerprint density at radius 2 is 1.93 bits per heavy atom. The molecule has 0 aliphatic carbocycles. The fourth-order valence-electron chi connectivity index (χ4n) is 5.35. The van der Waals surface area contributed by atoms with Crippen LogP contribution in [0.5, 0.6) is 0 Å². The molecule has 2 aliphatic heterocycles. The molecule has 3 aromatic rings. The van der Waals surface area contributed by atoms with Gasteiger partial charge in [0.05, 0.1) is 35.3 Å². The number of likely N-dealkylation sites (tertiary alicyclic amines) is 1. The van der Waals surface area contributed by atoms with Gasteiger partial charge >= 0.3 is 5.97 Å². The summed E-state index contributed by atoms with van der Waals surface area (Å²) in [5.74, 6) is 0.998. The van der Waals surface area contributed by atoms with Crippen molar-refractivity contribution in [3.8, 4) is 0 Å². The molecule has 2 aromatic carbocycles. The number of hydrazine groups is 1. The van der Waals surface area contributed by atoms with E-state index in [0.29, 0.717) is 27.9 Å². The van der Waals surface area contributed by atoms with E-state index in [4.69, 9.17) is 21.3 Å². The van der Waals surface area contributed by atoms with E-state index >= 15 is 0 Å². The zero-order valence-electron chi connectivity index (χ0n) is 24.0. The number of hydrogen-bond acceptors (Lipinski definition) is 7. The lowest BCUT2D eigenvalue weighted by Gasteiger charge is -2.41. The molecular weight excluding hydrogens is 549 g/mol. The SMILES string of the molecule is CC.CCn1c(CN2CCC(N3C(SCc4ccc(Cl)cc4F)=CCN3C)CC2)nc2ccc(C(=O)OC)cc21. The van der Waals surface area contributed by atoms with Gasteiger partial charge in [-0.15, -0.1) is 11.8 Å². The molecule has 0 saturated carbocycles. The summed E-state index contributed by atoms with van der Waals surface area (Å²) in [7, 11) is 3.51. The smallest absolute Gasteiger partial charge is 0.337 e. The minimum absolute atomic E-state index is 0.253. The maximum absolute atomic E-state index is 14.3. The van der Waals surface area contributed by atoms with Crippen LogP contribution in [0.15, 0.2) is 47.5 Å². The summed E-state index contributed by atoms with van der Waals surface area (Å²) in [4.78, 5) is 19.4. The number of thioether (sulfide) groups is 1. The monoisotopic (exact) mass is 587 g/mol. The first-order chi connectivity index (χ1) is 19.4. The number of ether oxygens (including phenoxy) is 1. The van der Waals surface area contributed by atoms with Crippen LogP contribution in [0.4, 0.5) is 4.39 Å². The van der Waals surface area contributed by atoms with Crippen molar-refractivity contribution in [1.82, 2.24) is 24.5 Å². The van der Waals surface area contributed by atoms with Crippen LogP contribution < -0.4 is 0 Å². The topological polar surface area (TPSA) is 53.8 Å². The molecule has 0 radical (unpaired) electrons. The molecular formula is C30H39ClFN5O2S. The highest BCUT2D eigenvalue weighted by atomic mass is 35.5. The zero-order chi connectivity index (χ0) is 28.8. The number of carbonyl (C=O) groups is 1. The van der Waals surface area contributed by atoms with Gasteiger partial charge in [-0.25, -0.2) is 19.2 Å².